The lowest BCUT2D eigenvalue weighted by Gasteiger charge is -2.19. The third-order valence-electron chi connectivity index (χ3n) is 9.11. The van der Waals surface area contributed by atoms with Crippen LogP contribution in [0.4, 0.5) is 10.5 Å². The predicted molar refractivity (Wildman–Crippen MR) is 173 cm³/mol. The zero-order valence-corrected chi connectivity index (χ0v) is 25.3. The topological polar surface area (TPSA) is 90.1 Å². The van der Waals surface area contributed by atoms with Gasteiger partial charge in [-0.25, -0.2) is 9.78 Å². The molecule has 4 unspecified atom stereocenters. The van der Waals surface area contributed by atoms with Gasteiger partial charge >= 0.3 is 6.03 Å². The first-order chi connectivity index (χ1) is 20.5. The molecule has 2 fully saturated rings. The molecule has 4 atom stereocenters. The van der Waals surface area contributed by atoms with E-state index in [1.165, 1.54) is 10.8 Å². The van der Waals surface area contributed by atoms with Gasteiger partial charge in [-0.15, -0.1) is 0 Å². The third kappa shape index (κ3) is 4.28. The Morgan fingerprint density at radius 3 is 2.57 bits per heavy atom. The number of rotatable bonds is 6. The molecule has 4 aromatic carbocycles. The summed E-state index contributed by atoms with van der Waals surface area (Å²) in [6.07, 6.45) is 3.32. The highest BCUT2D eigenvalue weighted by molar-refractivity contribution is 9.10. The van der Waals surface area contributed by atoms with Crippen LogP contribution in [0.5, 0.6) is 0 Å². The van der Waals surface area contributed by atoms with Gasteiger partial charge in [0.15, 0.2) is 0 Å². The number of imidazole rings is 1. The average Bonchev–Trinajstić information content (AvgIpc) is 3.77. The van der Waals surface area contributed by atoms with E-state index in [0.717, 1.165) is 68.4 Å². The first kappa shape index (κ1) is 26.1. The molecule has 0 bridgehead atoms. The van der Waals surface area contributed by atoms with Crippen LogP contribution in [0.3, 0.4) is 0 Å². The van der Waals surface area contributed by atoms with E-state index < -0.39 is 0 Å². The Kier molecular flexibility index (Phi) is 6.41. The number of aromatic amines is 1. The Hall–Kier alpha value is -3.56. The fourth-order valence-corrected chi connectivity index (χ4v) is 9.03. The Balaban J connectivity index is 1.05. The van der Waals surface area contributed by atoms with Crippen molar-refractivity contribution in [3.05, 3.63) is 82.6 Å². The molecule has 2 saturated heterocycles. The minimum atomic E-state index is -0.0507. The molecule has 0 aliphatic carbocycles. The standard InChI is InChI=1S/C33H30BrN5O2S/c34-18-13-14-26-23(15-18)24(16-39(26)28(40)12-6-5-11-27-31-25(17-42-27)35-33(41)38-31)32-36-29-21-9-3-1-7-19(21)20-8-2-4-10-22(20)30(29)37-32/h1-4,7-10,13-15,24-25,27,31H,5-6,11-12,16-17H2,(H,36,37)(H2,35,38,41). The second kappa shape index (κ2) is 10.3. The van der Waals surface area contributed by atoms with Gasteiger partial charge in [0, 0.05) is 44.9 Å². The predicted octanol–water partition coefficient (Wildman–Crippen LogP) is 6.84. The van der Waals surface area contributed by atoms with Crippen molar-refractivity contribution in [3.8, 4) is 0 Å². The largest absolute Gasteiger partial charge is 0.341 e. The van der Waals surface area contributed by atoms with E-state index in [2.05, 4.69) is 92.2 Å². The Morgan fingerprint density at radius 1 is 0.976 bits per heavy atom. The summed E-state index contributed by atoms with van der Waals surface area (Å²) in [7, 11) is 0. The zero-order valence-electron chi connectivity index (χ0n) is 22.9. The molecule has 0 saturated carbocycles. The smallest absolute Gasteiger partial charge is 0.315 e. The molecule has 0 spiro atoms. The lowest BCUT2D eigenvalue weighted by atomic mass is 10.0. The van der Waals surface area contributed by atoms with Gasteiger partial charge in [-0.2, -0.15) is 11.8 Å². The van der Waals surface area contributed by atoms with Gasteiger partial charge in [0.2, 0.25) is 5.91 Å². The fraction of sp³-hybridized carbons (Fsp3) is 0.303. The quantitative estimate of drug-likeness (QED) is 0.108. The van der Waals surface area contributed by atoms with E-state index in [0.29, 0.717) is 18.2 Å². The minimum Gasteiger partial charge on any atom is -0.341 e. The molecule has 7 nitrogen and oxygen atoms in total. The van der Waals surface area contributed by atoms with Gasteiger partial charge < -0.3 is 20.5 Å². The number of aromatic nitrogens is 2. The van der Waals surface area contributed by atoms with Gasteiger partial charge in [0.1, 0.15) is 5.82 Å². The number of fused-ring (bicyclic) bond motifs is 8. The van der Waals surface area contributed by atoms with Crippen molar-refractivity contribution in [3.63, 3.8) is 0 Å². The highest BCUT2D eigenvalue weighted by atomic mass is 79.9. The first-order valence-electron chi connectivity index (χ1n) is 14.6. The number of carbonyl (C=O) groups is 2. The Labute approximate surface area is 255 Å². The second-order valence-corrected chi connectivity index (χ2v) is 13.8. The summed E-state index contributed by atoms with van der Waals surface area (Å²) in [5.74, 6) is 1.96. The van der Waals surface area contributed by atoms with E-state index in [1.54, 1.807) is 0 Å². The summed E-state index contributed by atoms with van der Waals surface area (Å²) in [5.41, 5.74) is 4.10. The van der Waals surface area contributed by atoms with Crippen LogP contribution in [-0.2, 0) is 4.79 Å². The molecule has 0 radical (unpaired) electrons. The summed E-state index contributed by atoms with van der Waals surface area (Å²) in [4.78, 5) is 36.2. The monoisotopic (exact) mass is 639 g/mol. The molecule has 3 aliphatic rings. The number of H-pyrrole nitrogens is 1. The summed E-state index contributed by atoms with van der Waals surface area (Å²) in [5, 5.41) is 11.2. The third-order valence-corrected chi connectivity index (χ3v) is 11.1. The molecule has 3 N–H and O–H groups in total. The van der Waals surface area contributed by atoms with E-state index in [9.17, 15) is 9.59 Å². The maximum Gasteiger partial charge on any atom is 0.315 e. The molecule has 1 aromatic heterocycles. The van der Waals surface area contributed by atoms with E-state index >= 15 is 0 Å². The average molecular weight is 641 g/mol. The number of urea groups is 1. The number of thioether (sulfide) groups is 1. The molecule has 3 amide bonds. The van der Waals surface area contributed by atoms with Crippen LogP contribution in [0.1, 0.15) is 43.0 Å². The second-order valence-electron chi connectivity index (χ2n) is 11.6. The van der Waals surface area contributed by atoms with Gasteiger partial charge in [-0.3, -0.25) is 4.79 Å². The van der Waals surface area contributed by atoms with E-state index in [-0.39, 0.29) is 29.9 Å². The Morgan fingerprint density at radius 2 is 1.74 bits per heavy atom. The number of anilines is 1. The number of unbranched alkanes of at least 4 members (excludes halogenated alkanes) is 1. The van der Waals surface area contributed by atoms with E-state index in [1.807, 2.05) is 22.7 Å². The SMILES string of the molecule is O=C1NC2CSC(CCCCC(=O)N3CC(c4nc5c6ccccc6c6ccccc6c5[nH]4)c4cc(Br)ccc43)C2N1. The molecule has 4 heterocycles. The number of amides is 3. The maximum atomic E-state index is 13.6. The molecule has 3 aliphatic heterocycles. The maximum absolute atomic E-state index is 13.6. The summed E-state index contributed by atoms with van der Waals surface area (Å²) < 4.78 is 0.994. The van der Waals surface area contributed by atoms with Crippen LogP contribution in [0, 0.1) is 0 Å². The molecule has 5 aromatic rings. The van der Waals surface area contributed by atoms with Crippen molar-refractivity contribution in [2.75, 3.05) is 17.2 Å². The van der Waals surface area contributed by atoms with Gasteiger partial charge in [0.05, 0.1) is 29.0 Å². The van der Waals surface area contributed by atoms with Crippen molar-refractivity contribution < 1.29 is 9.59 Å². The molecule has 9 heteroatoms. The summed E-state index contributed by atoms with van der Waals surface area (Å²) in [6, 6.07) is 23.5. The number of nitrogens with zero attached hydrogens (tertiary/aromatic N) is 2. The van der Waals surface area contributed by atoms with Gasteiger partial charge in [-0.05, 0) is 47.4 Å². The first-order valence-corrected chi connectivity index (χ1v) is 16.5. The zero-order chi connectivity index (χ0) is 28.4. The van der Waals surface area contributed by atoms with Crippen molar-refractivity contribution in [2.24, 2.45) is 0 Å². The molecule has 42 heavy (non-hydrogen) atoms. The van der Waals surface area contributed by atoms with Crippen LogP contribution in [0.15, 0.2) is 71.2 Å². The number of nitrogens with one attached hydrogen (secondary N) is 3. The highest BCUT2D eigenvalue weighted by Crippen LogP contribution is 2.43. The molecular weight excluding hydrogens is 610 g/mol. The lowest BCUT2D eigenvalue weighted by molar-refractivity contribution is -0.118. The van der Waals surface area contributed by atoms with Crippen LogP contribution in [-0.4, -0.2) is 51.5 Å². The Bertz CT molecular complexity index is 1820. The number of hydrogen-bond acceptors (Lipinski definition) is 4. The van der Waals surface area contributed by atoms with Crippen LogP contribution < -0.4 is 15.5 Å². The number of benzene rings is 4. The number of carbonyl (C=O) groups excluding carboxylic acids is 2. The van der Waals surface area contributed by atoms with Crippen molar-refractivity contribution in [2.45, 2.75) is 48.9 Å². The van der Waals surface area contributed by atoms with Gasteiger partial charge in [0.25, 0.3) is 0 Å². The van der Waals surface area contributed by atoms with Crippen molar-refractivity contribution >= 4 is 77.9 Å². The van der Waals surface area contributed by atoms with Crippen LogP contribution in [0.25, 0.3) is 32.6 Å². The fourth-order valence-electron chi connectivity index (χ4n) is 7.11. The lowest BCUT2D eigenvalue weighted by Crippen LogP contribution is -2.36. The van der Waals surface area contributed by atoms with Gasteiger partial charge in [-0.1, -0.05) is 70.9 Å². The van der Waals surface area contributed by atoms with Crippen LogP contribution in [0.2, 0.25) is 0 Å². The summed E-state index contributed by atoms with van der Waals surface area (Å²) in [6.45, 7) is 0.570. The van der Waals surface area contributed by atoms with Crippen LogP contribution >= 0.6 is 27.7 Å². The summed E-state index contributed by atoms with van der Waals surface area (Å²) >= 11 is 5.59. The molecule has 8 rings (SSSR count). The highest BCUT2D eigenvalue weighted by Gasteiger charge is 2.42. The van der Waals surface area contributed by atoms with E-state index in [4.69, 9.17) is 4.98 Å². The number of halogens is 1. The normalized spacial score (nSPS) is 23.0. The number of hydrogen-bond donors (Lipinski definition) is 3. The minimum absolute atomic E-state index is 0.0447. The van der Waals surface area contributed by atoms with Crippen molar-refractivity contribution in [1.29, 1.82) is 0 Å². The van der Waals surface area contributed by atoms with Crippen molar-refractivity contribution in [1.82, 2.24) is 20.6 Å². The molecular formula is C33H30BrN5O2S. The molecule has 212 valence electrons.